The Hall–Kier alpha value is -1.13. The molecule has 18 heavy (non-hydrogen) atoms. The number of aryl methyl sites for hydroxylation is 1. The van der Waals surface area contributed by atoms with Crippen LogP contribution in [0.4, 0.5) is 4.39 Å². The third kappa shape index (κ3) is 5.47. The molecule has 1 aromatic carbocycles. The highest BCUT2D eigenvalue weighted by Gasteiger charge is 2.06. The summed E-state index contributed by atoms with van der Waals surface area (Å²) < 4.78 is 18.3. The second kappa shape index (κ2) is 8.06. The van der Waals surface area contributed by atoms with E-state index in [-0.39, 0.29) is 5.91 Å². The Morgan fingerprint density at radius 2 is 2.17 bits per heavy atom. The summed E-state index contributed by atoms with van der Waals surface area (Å²) in [4.78, 5) is 11.7. The molecule has 100 valence electrons. The van der Waals surface area contributed by atoms with Gasteiger partial charge in [0.15, 0.2) is 0 Å². The lowest BCUT2D eigenvalue weighted by atomic mass is 10.1. The molecule has 3 nitrogen and oxygen atoms in total. The van der Waals surface area contributed by atoms with E-state index in [4.69, 9.17) is 16.3 Å². The summed E-state index contributed by atoms with van der Waals surface area (Å²) in [6.07, 6.45) is 0.705. The SMILES string of the molecule is Cc1cc(F)cc(C(=O)NCCCOCCCl)c1. The van der Waals surface area contributed by atoms with Gasteiger partial charge in [0.2, 0.25) is 0 Å². The van der Waals surface area contributed by atoms with Gasteiger partial charge in [-0.05, 0) is 37.1 Å². The van der Waals surface area contributed by atoms with Crippen molar-refractivity contribution >= 4 is 17.5 Å². The first-order valence-electron chi connectivity index (χ1n) is 5.82. The fourth-order valence-electron chi connectivity index (χ4n) is 1.50. The van der Waals surface area contributed by atoms with Crippen molar-refractivity contribution in [1.82, 2.24) is 5.32 Å². The molecule has 1 amide bonds. The number of benzene rings is 1. The van der Waals surface area contributed by atoms with Crippen molar-refractivity contribution in [2.75, 3.05) is 25.6 Å². The first-order valence-corrected chi connectivity index (χ1v) is 6.36. The summed E-state index contributed by atoms with van der Waals surface area (Å²) in [7, 11) is 0. The molecular formula is C13H17ClFNO2. The van der Waals surface area contributed by atoms with Crippen LogP contribution in [0.1, 0.15) is 22.3 Å². The quantitative estimate of drug-likeness (QED) is 0.612. The smallest absolute Gasteiger partial charge is 0.251 e. The van der Waals surface area contributed by atoms with Crippen LogP contribution in [0.25, 0.3) is 0 Å². The number of amides is 1. The molecule has 0 unspecified atom stereocenters. The molecule has 0 saturated heterocycles. The number of alkyl halides is 1. The Kier molecular flexibility index (Phi) is 6.68. The van der Waals surface area contributed by atoms with E-state index in [1.807, 2.05) is 0 Å². The maximum Gasteiger partial charge on any atom is 0.251 e. The molecule has 0 saturated carbocycles. The van der Waals surface area contributed by atoms with Crippen molar-refractivity contribution in [3.05, 3.63) is 35.1 Å². The largest absolute Gasteiger partial charge is 0.380 e. The molecule has 1 rings (SSSR count). The Bertz CT molecular complexity index is 378. The van der Waals surface area contributed by atoms with Gasteiger partial charge in [0.25, 0.3) is 5.91 Å². The van der Waals surface area contributed by atoms with E-state index < -0.39 is 5.82 Å². The van der Waals surface area contributed by atoms with Gasteiger partial charge in [-0.25, -0.2) is 4.39 Å². The number of nitrogens with one attached hydrogen (secondary N) is 1. The molecule has 1 N–H and O–H groups in total. The van der Waals surface area contributed by atoms with Crippen LogP contribution in [0.3, 0.4) is 0 Å². The van der Waals surface area contributed by atoms with E-state index in [0.29, 0.717) is 37.6 Å². The van der Waals surface area contributed by atoms with E-state index in [1.54, 1.807) is 13.0 Å². The molecule has 0 aromatic heterocycles. The normalized spacial score (nSPS) is 10.4. The van der Waals surface area contributed by atoms with E-state index >= 15 is 0 Å². The number of carbonyl (C=O) groups excluding carboxylic acids is 1. The second-order valence-electron chi connectivity index (χ2n) is 3.93. The fourth-order valence-corrected chi connectivity index (χ4v) is 1.61. The van der Waals surface area contributed by atoms with Crippen LogP contribution >= 0.6 is 11.6 Å². The highest BCUT2D eigenvalue weighted by molar-refractivity contribution is 6.17. The predicted octanol–water partition coefficient (Wildman–Crippen LogP) is 2.51. The van der Waals surface area contributed by atoms with Gasteiger partial charge in [0, 0.05) is 24.6 Å². The molecular weight excluding hydrogens is 257 g/mol. The summed E-state index contributed by atoms with van der Waals surface area (Å²) in [6, 6.07) is 4.27. The molecule has 0 heterocycles. The van der Waals surface area contributed by atoms with Gasteiger partial charge < -0.3 is 10.1 Å². The topological polar surface area (TPSA) is 38.3 Å². The van der Waals surface area contributed by atoms with E-state index in [2.05, 4.69) is 5.32 Å². The minimum Gasteiger partial charge on any atom is -0.380 e. The van der Waals surface area contributed by atoms with Gasteiger partial charge in [-0.3, -0.25) is 4.79 Å². The van der Waals surface area contributed by atoms with Crippen LogP contribution < -0.4 is 5.32 Å². The zero-order chi connectivity index (χ0) is 13.4. The summed E-state index contributed by atoms with van der Waals surface area (Å²) in [6.45, 7) is 3.31. The number of hydrogen-bond donors (Lipinski definition) is 1. The molecule has 0 atom stereocenters. The van der Waals surface area contributed by atoms with E-state index in [9.17, 15) is 9.18 Å². The molecule has 1 aromatic rings. The van der Waals surface area contributed by atoms with Crippen molar-refractivity contribution < 1.29 is 13.9 Å². The van der Waals surface area contributed by atoms with Gasteiger partial charge in [0.1, 0.15) is 5.82 Å². The molecule has 0 aliphatic rings. The lowest BCUT2D eigenvalue weighted by Crippen LogP contribution is -2.25. The number of carbonyl (C=O) groups is 1. The molecule has 0 spiro atoms. The van der Waals surface area contributed by atoms with Gasteiger partial charge in [-0.1, -0.05) is 0 Å². The number of ether oxygens (including phenoxy) is 1. The average Bonchev–Trinajstić information content (AvgIpc) is 2.32. The first-order chi connectivity index (χ1) is 8.63. The minimum absolute atomic E-state index is 0.269. The minimum atomic E-state index is -0.398. The maximum atomic E-state index is 13.1. The third-order valence-corrected chi connectivity index (χ3v) is 2.43. The van der Waals surface area contributed by atoms with Crippen molar-refractivity contribution in [3.8, 4) is 0 Å². The fraction of sp³-hybridized carbons (Fsp3) is 0.462. The van der Waals surface area contributed by atoms with Crippen molar-refractivity contribution in [1.29, 1.82) is 0 Å². The standard InChI is InChI=1S/C13H17ClFNO2/c1-10-7-11(9-12(15)8-10)13(17)16-4-2-5-18-6-3-14/h7-9H,2-6H2,1H3,(H,16,17). The maximum absolute atomic E-state index is 13.1. The number of halogens is 2. The van der Waals surface area contributed by atoms with Gasteiger partial charge in [-0.2, -0.15) is 0 Å². The highest BCUT2D eigenvalue weighted by atomic mass is 35.5. The molecule has 0 bridgehead atoms. The molecule has 5 heteroatoms. The van der Waals surface area contributed by atoms with E-state index in [0.717, 1.165) is 5.56 Å². The number of rotatable bonds is 7. The molecule has 0 fully saturated rings. The molecule has 0 aliphatic carbocycles. The monoisotopic (exact) mass is 273 g/mol. The summed E-state index contributed by atoms with van der Waals surface area (Å²) in [5.41, 5.74) is 1.07. The van der Waals surface area contributed by atoms with Crippen molar-refractivity contribution in [2.24, 2.45) is 0 Å². The Balaban J connectivity index is 2.32. The van der Waals surface area contributed by atoms with Crippen LogP contribution in [0.5, 0.6) is 0 Å². The van der Waals surface area contributed by atoms with E-state index in [1.165, 1.54) is 12.1 Å². The lowest BCUT2D eigenvalue weighted by Gasteiger charge is -2.06. The third-order valence-electron chi connectivity index (χ3n) is 2.28. The highest BCUT2D eigenvalue weighted by Crippen LogP contribution is 2.08. The zero-order valence-electron chi connectivity index (χ0n) is 10.3. The van der Waals surface area contributed by atoms with Gasteiger partial charge >= 0.3 is 0 Å². The molecule has 0 radical (unpaired) electrons. The first kappa shape index (κ1) is 14.9. The predicted molar refractivity (Wildman–Crippen MR) is 69.6 cm³/mol. The second-order valence-corrected chi connectivity index (χ2v) is 4.31. The molecule has 0 aliphatic heterocycles. The summed E-state index contributed by atoms with van der Waals surface area (Å²) in [5.74, 6) is -0.199. The average molecular weight is 274 g/mol. The number of hydrogen-bond acceptors (Lipinski definition) is 2. The Morgan fingerprint density at radius 3 is 2.83 bits per heavy atom. The van der Waals surface area contributed by atoms with Crippen LogP contribution in [0.2, 0.25) is 0 Å². The van der Waals surface area contributed by atoms with Crippen LogP contribution in [0.15, 0.2) is 18.2 Å². The van der Waals surface area contributed by atoms with Crippen molar-refractivity contribution in [2.45, 2.75) is 13.3 Å². The lowest BCUT2D eigenvalue weighted by molar-refractivity contribution is 0.0944. The van der Waals surface area contributed by atoms with Crippen LogP contribution in [-0.2, 0) is 4.74 Å². The van der Waals surface area contributed by atoms with Crippen LogP contribution in [-0.4, -0.2) is 31.5 Å². The van der Waals surface area contributed by atoms with Crippen LogP contribution in [0, 0.1) is 12.7 Å². The van der Waals surface area contributed by atoms with Gasteiger partial charge in [-0.15, -0.1) is 11.6 Å². The Morgan fingerprint density at radius 1 is 1.39 bits per heavy atom. The summed E-state index contributed by atoms with van der Waals surface area (Å²) >= 11 is 5.44. The zero-order valence-corrected chi connectivity index (χ0v) is 11.1. The van der Waals surface area contributed by atoms with Gasteiger partial charge in [0.05, 0.1) is 6.61 Å². The Labute approximate surface area is 111 Å². The summed E-state index contributed by atoms with van der Waals surface area (Å²) in [5, 5.41) is 2.71. The van der Waals surface area contributed by atoms with Crippen molar-refractivity contribution in [3.63, 3.8) is 0 Å².